The molecule has 0 unspecified atom stereocenters. The lowest BCUT2D eigenvalue weighted by atomic mass is 9.78. The average Bonchev–Trinajstić information content (AvgIpc) is 3.07. The van der Waals surface area contributed by atoms with Gasteiger partial charge in [0.1, 0.15) is 17.7 Å². The van der Waals surface area contributed by atoms with Gasteiger partial charge in [-0.1, -0.05) is 42.0 Å². The molecule has 2 atom stereocenters. The highest BCUT2D eigenvalue weighted by molar-refractivity contribution is 6.00. The van der Waals surface area contributed by atoms with Crippen molar-refractivity contribution in [1.82, 2.24) is 14.8 Å². The van der Waals surface area contributed by atoms with Gasteiger partial charge in [-0.3, -0.25) is 4.79 Å². The van der Waals surface area contributed by atoms with Crippen molar-refractivity contribution >= 4 is 11.7 Å². The maximum absolute atomic E-state index is 13.5. The van der Waals surface area contributed by atoms with E-state index in [-0.39, 0.29) is 17.5 Å². The van der Waals surface area contributed by atoms with Gasteiger partial charge in [0.2, 0.25) is 5.95 Å². The second-order valence-corrected chi connectivity index (χ2v) is 7.84. The average molecular weight is 388 g/mol. The first-order valence-electron chi connectivity index (χ1n) is 9.78. The first-order valence-corrected chi connectivity index (χ1v) is 9.78. The lowest BCUT2D eigenvalue weighted by Gasteiger charge is -2.35. The van der Waals surface area contributed by atoms with Crippen LogP contribution in [0.15, 0.2) is 59.8 Å². The Labute approximate surface area is 168 Å². The van der Waals surface area contributed by atoms with Gasteiger partial charge in [0.15, 0.2) is 5.78 Å². The highest BCUT2D eigenvalue weighted by Crippen LogP contribution is 2.43. The number of hydrogen-bond acceptors (Lipinski definition) is 4. The van der Waals surface area contributed by atoms with Crippen LogP contribution in [0.1, 0.15) is 47.3 Å². The number of allylic oxidation sites excluding steroid dienone is 2. The zero-order valence-corrected chi connectivity index (χ0v) is 16.3. The van der Waals surface area contributed by atoms with Crippen LogP contribution < -0.4 is 5.32 Å². The minimum absolute atomic E-state index is 0.0949. The van der Waals surface area contributed by atoms with Gasteiger partial charge in [-0.25, -0.2) is 9.07 Å². The molecule has 1 aromatic heterocycles. The van der Waals surface area contributed by atoms with E-state index >= 15 is 0 Å². The number of fused-ring (bicyclic) bond motifs is 1. The first-order chi connectivity index (χ1) is 14.0. The molecule has 146 valence electrons. The van der Waals surface area contributed by atoms with Crippen molar-refractivity contribution in [3.8, 4) is 0 Å². The standard InChI is InChI=1S/C23H21FN4O/c1-13-3-5-15(6-4-13)17-11-19-21(20(29)12-17)22(16-7-9-18(24)10-8-16)28-23(26-19)25-14(2)27-28/h3-10,17,22H,11-12H2,1-2H3,(H,25,26,27)/t17-,22+/m1/s1. The third-order valence-electron chi connectivity index (χ3n) is 5.76. The van der Waals surface area contributed by atoms with E-state index in [1.807, 2.05) is 6.92 Å². The molecule has 0 saturated heterocycles. The molecule has 2 aromatic carbocycles. The Morgan fingerprint density at radius 2 is 1.69 bits per heavy atom. The fraction of sp³-hybridized carbons (Fsp3) is 0.261. The van der Waals surface area contributed by atoms with Gasteiger partial charge in [-0.15, -0.1) is 0 Å². The Morgan fingerprint density at radius 3 is 2.41 bits per heavy atom. The van der Waals surface area contributed by atoms with Gasteiger partial charge in [-0.2, -0.15) is 10.1 Å². The monoisotopic (exact) mass is 388 g/mol. The molecule has 1 aliphatic heterocycles. The third-order valence-corrected chi connectivity index (χ3v) is 5.76. The van der Waals surface area contributed by atoms with E-state index in [0.717, 1.165) is 17.7 Å². The highest BCUT2D eigenvalue weighted by atomic mass is 19.1. The summed E-state index contributed by atoms with van der Waals surface area (Å²) in [5.41, 5.74) is 4.79. The van der Waals surface area contributed by atoms with Crippen molar-refractivity contribution in [3.63, 3.8) is 0 Å². The summed E-state index contributed by atoms with van der Waals surface area (Å²) in [5, 5.41) is 7.85. The molecule has 5 rings (SSSR count). The van der Waals surface area contributed by atoms with E-state index in [2.05, 4.69) is 46.6 Å². The molecule has 5 nitrogen and oxygen atoms in total. The molecular formula is C23H21FN4O. The maximum Gasteiger partial charge on any atom is 0.226 e. The third kappa shape index (κ3) is 3.05. The molecule has 0 saturated carbocycles. The largest absolute Gasteiger partial charge is 0.328 e. The van der Waals surface area contributed by atoms with Crippen molar-refractivity contribution in [2.75, 3.05) is 5.32 Å². The molecule has 1 N–H and O–H groups in total. The van der Waals surface area contributed by atoms with Gasteiger partial charge < -0.3 is 5.32 Å². The molecule has 0 amide bonds. The topological polar surface area (TPSA) is 59.8 Å². The van der Waals surface area contributed by atoms with Crippen molar-refractivity contribution in [1.29, 1.82) is 0 Å². The Bertz CT molecular complexity index is 1130. The number of carbonyl (C=O) groups is 1. The molecule has 3 aromatic rings. The van der Waals surface area contributed by atoms with Gasteiger partial charge in [0.25, 0.3) is 0 Å². The van der Waals surface area contributed by atoms with Crippen molar-refractivity contribution in [2.45, 2.75) is 38.6 Å². The van der Waals surface area contributed by atoms with Gasteiger partial charge in [0, 0.05) is 17.7 Å². The van der Waals surface area contributed by atoms with Gasteiger partial charge in [0.05, 0.1) is 0 Å². The van der Waals surface area contributed by atoms with Gasteiger partial charge >= 0.3 is 0 Å². The van der Waals surface area contributed by atoms with E-state index < -0.39 is 6.04 Å². The number of anilines is 1. The SMILES string of the molecule is Cc1ccc([C@H]2CC(=O)C3=C(C2)Nc2nc(C)nn2[C@H]3c2ccc(F)cc2)cc1. The molecule has 2 aliphatic rings. The zero-order chi connectivity index (χ0) is 20.1. The lowest BCUT2D eigenvalue weighted by molar-refractivity contribution is -0.116. The van der Waals surface area contributed by atoms with E-state index in [1.165, 1.54) is 23.3 Å². The minimum Gasteiger partial charge on any atom is -0.328 e. The van der Waals surface area contributed by atoms with Crippen molar-refractivity contribution in [3.05, 3.63) is 88.1 Å². The number of halogens is 1. The predicted octanol–water partition coefficient (Wildman–Crippen LogP) is 4.45. The molecule has 0 radical (unpaired) electrons. The van der Waals surface area contributed by atoms with Crippen molar-refractivity contribution in [2.24, 2.45) is 0 Å². The second kappa shape index (κ2) is 6.65. The molecule has 1 aliphatic carbocycles. The van der Waals surface area contributed by atoms with Crippen LogP contribution in [0.3, 0.4) is 0 Å². The number of carbonyl (C=O) groups excluding carboxylic acids is 1. The zero-order valence-electron chi connectivity index (χ0n) is 16.3. The maximum atomic E-state index is 13.5. The molecule has 0 spiro atoms. The Kier molecular flexibility index (Phi) is 4.08. The number of aryl methyl sites for hydroxylation is 2. The molecule has 29 heavy (non-hydrogen) atoms. The molecule has 6 heteroatoms. The van der Waals surface area contributed by atoms with E-state index in [9.17, 15) is 9.18 Å². The van der Waals surface area contributed by atoms with Crippen LogP contribution in [0, 0.1) is 19.7 Å². The second-order valence-electron chi connectivity index (χ2n) is 7.84. The molecule has 0 fully saturated rings. The van der Waals surface area contributed by atoms with Crippen molar-refractivity contribution < 1.29 is 9.18 Å². The van der Waals surface area contributed by atoms with Crippen LogP contribution in [0.5, 0.6) is 0 Å². The molecule has 0 bridgehead atoms. The quantitative estimate of drug-likeness (QED) is 0.705. The summed E-state index contributed by atoms with van der Waals surface area (Å²) in [4.78, 5) is 17.8. The highest BCUT2D eigenvalue weighted by Gasteiger charge is 2.39. The number of aromatic nitrogens is 3. The summed E-state index contributed by atoms with van der Waals surface area (Å²) in [7, 11) is 0. The Balaban J connectivity index is 1.60. The normalized spacial score (nSPS) is 20.9. The molecular weight excluding hydrogens is 367 g/mol. The number of nitrogens with one attached hydrogen (secondary N) is 1. The summed E-state index contributed by atoms with van der Waals surface area (Å²) in [5.74, 6) is 1.16. The summed E-state index contributed by atoms with van der Waals surface area (Å²) < 4.78 is 15.2. The summed E-state index contributed by atoms with van der Waals surface area (Å²) >= 11 is 0. The first kappa shape index (κ1) is 17.8. The summed E-state index contributed by atoms with van der Waals surface area (Å²) in [6.45, 7) is 3.88. The van der Waals surface area contributed by atoms with Crippen LogP contribution in [0.4, 0.5) is 10.3 Å². The van der Waals surface area contributed by atoms with E-state index in [0.29, 0.717) is 23.8 Å². The lowest BCUT2D eigenvalue weighted by Crippen LogP contribution is -2.33. The number of rotatable bonds is 2. The Morgan fingerprint density at radius 1 is 1.00 bits per heavy atom. The van der Waals surface area contributed by atoms with Crippen LogP contribution in [0.2, 0.25) is 0 Å². The number of nitrogens with zero attached hydrogens (tertiary/aromatic N) is 3. The fourth-order valence-corrected chi connectivity index (χ4v) is 4.35. The Hall–Kier alpha value is -3.28. The van der Waals surface area contributed by atoms with Crippen LogP contribution in [-0.2, 0) is 4.79 Å². The number of ketones is 1. The van der Waals surface area contributed by atoms with Gasteiger partial charge in [-0.05, 0) is 49.4 Å². The van der Waals surface area contributed by atoms with E-state index in [4.69, 9.17) is 0 Å². The number of Topliss-reactive ketones (excluding diaryl/α,β-unsaturated/α-hetero) is 1. The summed E-state index contributed by atoms with van der Waals surface area (Å²) in [6, 6.07) is 14.3. The predicted molar refractivity (Wildman–Crippen MR) is 108 cm³/mol. The van der Waals surface area contributed by atoms with Crippen LogP contribution in [0.25, 0.3) is 0 Å². The number of hydrogen-bond donors (Lipinski definition) is 1. The summed E-state index contributed by atoms with van der Waals surface area (Å²) in [6.07, 6.45) is 1.18. The fourth-order valence-electron chi connectivity index (χ4n) is 4.35. The smallest absolute Gasteiger partial charge is 0.226 e. The molecule has 2 heterocycles. The van der Waals surface area contributed by atoms with E-state index in [1.54, 1.807) is 16.8 Å². The number of benzene rings is 2. The van der Waals surface area contributed by atoms with Crippen LogP contribution >= 0.6 is 0 Å². The minimum atomic E-state index is -0.394. The van der Waals surface area contributed by atoms with Crippen LogP contribution in [-0.4, -0.2) is 20.5 Å².